The molecule has 1 amide bonds. The number of aromatic nitrogens is 1. The van der Waals surface area contributed by atoms with E-state index in [4.69, 9.17) is 4.74 Å². The van der Waals surface area contributed by atoms with Gasteiger partial charge in [0.15, 0.2) is 11.6 Å². The number of nitrogens with zero attached hydrogens (tertiary/aromatic N) is 1. The maximum Gasteiger partial charge on any atom is 0.256 e. The van der Waals surface area contributed by atoms with Crippen LogP contribution in [-0.4, -0.2) is 24.5 Å². The number of halogens is 1. The number of amides is 1. The van der Waals surface area contributed by atoms with Crippen LogP contribution >= 0.6 is 0 Å². The predicted molar refractivity (Wildman–Crippen MR) is 89.9 cm³/mol. The van der Waals surface area contributed by atoms with E-state index in [-0.39, 0.29) is 16.7 Å². The lowest BCUT2D eigenvalue weighted by atomic mass is 9.83. The molecule has 126 valence electrons. The fourth-order valence-electron chi connectivity index (χ4n) is 2.88. The lowest BCUT2D eigenvalue weighted by Crippen LogP contribution is -2.39. The summed E-state index contributed by atoms with van der Waals surface area (Å²) in [6.45, 7) is 5.81. The molecule has 0 aliphatic carbocycles. The van der Waals surface area contributed by atoms with Crippen molar-refractivity contribution in [1.29, 1.82) is 0 Å². The van der Waals surface area contributed by atoms with Crippen molar-refractivity contribution in [2.75, 3.05) is 19.0 Å². The van der Waals surface area contributed by atoms with Crippen molar-refractivity contribution in [1.82, 2.24) is 10.3 Å². The molecule has 5 nitrogen and oxygen atoms in total. The highest BCUT2D eigenvalue weighted by molar-refractivity contribution is 6.03. The maximum absolute atomic E-state index is 13.7. The number of ether oxygens (including phenoxy) is 1. The molecular formula is C18H20FN3O2. The lowest BCUT2D eigenvalue weighted by molar-refractivity contribution is 0.102. The molecule has 0 fully saturated rings. The Morgan fingerprint density at radius 2 is 2.12 bits per heavy atom. The Morgan fingerprint density at radius 1 is 1.33 bits per heavy atom. The molecule has 2 heterocycles. The van der Waals surface area contributed by atoms with E-state index in [0.29, 0.717) is 5.82 Å². The van der Waals surface area contributed by atoms with E-state index in [9.17, 15) is 9.18 Å². The summed E-state index contributed by atoms with van der Waals surface area (Å²) in [4.78, 5) is 16.9. The van der Waals surface area contributed by atoms with E-state index in [1.165, 1.54) is 19.2 Å². The van der Waals surface area contributed by atoms with Crippen molar-refractivity contribution in [3.05, 3.63) is 53.0 Å². The molecule has 24 heavy (non-hydrogen) atoms. The van der Waals surface area contributed by atoms with Crippen molar-refractivity contribution in [2.45, 2.75) is 25.8 Å². The molecule has 1 aliphatic rings. The summed E-state index contributed by atoms with van der Waals surface area (Å²) in [7, 11) is 1.38. The van der Waals surface area contributed by atoms with Gasteiger partial charge in [0, 0.05) is 24.1 Å². The number of benzene rings is 1. The third kappa shape index (κ3) is 3.10. The zero-order valence-electron chi connectivity index (χ0n) is 13.9. The summed E-state index contributed by atoms with van der Waals surface area (Å²) in [5.74, 6) is -0.413. The highest BCUT2D eigenvalue weighted by Gasteiger charge is 2.29. The minimum absolute atomic E-state index is 0.104. The first-order valence-electron chi connectivity index (χ1n) is 7.77. The van der Waals surface area contributed by atoms with Crippen LogP contribution in [0.5, 0.6) is 5.75 Å². The number of hydrogen-bond acceptors (Lipinski definition) is 4. The molecule has 0 radical (unpaired) electrons. The number of nitrogens with one attached hydrogen (secondary N) is 2. The molecule has 2 N–H and O–H groups in total. The molecule has 0 atom stereocenters. The molecule has 1 aromatic carbocycles. The maximum atomic E-state index is 13.7. The molecular weight excluding hydrogens is 309 g/mol. The predicted octanol–water partition coefficient (Wildman–Crippen LogP) is 2.86. The second-order valence-corrected chi connectivity index (χ2v) is 6.50. The SMILES string of the molecule is COc1ccc(C(=O)Nc2ccc3c(n2)C(C)(C)CNC3)cc1F. The van der Waals surface area contributed by atoms with Crippen LogP contribution in [-0.2, 0) is 12.0 Å². The van der Waals surface area contributed by atoms with Crippen LogP contribution in [0, 0.1) is 5.82 Å². The van der Waals surface area contributed by atoms with Crippen LogP contribution in [0.25, 0.3) is 0 Å². The smallest absolute Gasteiger partial charge is 0.256 e. The van der Waals surface area contributed by atoms with Gasteiger partial charge in [0.05, 0.1) is 12.8 Å². The van der Waals surface area contributed by atoms with Gasteiger partial charge in [0.1, 0.15) is 5.82 Å². The molecule has 6 heteroatoms. The van der Waals surface area contributed by atoms with Gasteiger partial charge in [-0.3, -0.25) is 4.79 Å². The van der Waals surface area contributed by atoms with Gasteiger partial charge < -0.3 is 15.4 Å². The second-order valence-electron chi connectivity index (χ2n) is 6.50. The molecule has 0 bridgehead atoms. The Hall–Kier alpha value is -2.47. The Morgan fingerprint density at radius 3 is 2.83 bits per heavy atom. The van der Waals surface area contributed by atoms with Crippen LogP contribution in [0.15, 0.2) is 30.3 Å². The monoisotopic (exact) mass is 329 g/mol. The van der Waals surface area contributed by atoms with Crippen LogP contribution in [0.4, 0.5) is 10.2 Å². The first kappa shape index (κ1) is 16.4. The normalized spacial score (nSPS) is 15.5. The molecule has 1 aliphatic heterocycles. The molecule has 1 aromatic heterocycles. The van der Waals surface area contributed by atoms with Crippen molar-refractivity contribution >= 4 is 11.7 Å². The number of pyridine rings is 1. The standard InChI is InChI=1S/C18H20FN3O2/c1-18(2)10-20-9-12-5-7-15(21-16(12)18)22-17(23)11-4-6-14(24-3)13(19)8-11/h4-8,20H,9-10H2,1-3H3,(H,21,22,23). The molecule has 0 unspecified atom stereocenters. The fourth-order valence-corrected chi connectivity index (χ4v) is 2.88. The van der Waals surface area contributed by atoms with Gasteiger partial charge in [-0.15, -0.1) is 0 Å². The lowest BCUT2D eigenvalue weighted by Gasteiger charge is -2.32. The third-order valence-electron chi connectivity index (χ3n) is 4.16. The second kappa shape index (κ2) is 6.20. The van der Waals surface area contributed by atoms with Gasteiger partial charge in [-0.1, -0.05) is 19.9 Å². The summed E-state index contributed by atoms with van der Waals surface area (Å²) in [5, 5.41) is 6.09. The summed E-state index contributed by atoms with van der Waals surface area (Å²) < 4.78 is 18.6. The quantitative estimate of drug-likeness (QED) is 0.909. The third-order valence-corrected chi connectivity index (χ3v) is 4.16. The number of carbonyl (C=O) groups is 1. The fraction of sp³-hybridized carbons (Fsp3) is 0.333. The molecule has 0 spiro atoms. The van der Waals surface area contributed by atoms with Crippen molar-refractivity contribution in [2.24, 2.45) is 0 Å². The van der Waals surface area contributed by atoms with Gasteiger partial charge in [-0.2, -0.15) is 0 Å². The molecule has 2 aromatic rings. The van der Waals surface area contributed by atoms with E-state index in [1.54, 1.807) is 6.07 Å². The Kier molecular flexibility index (Phi) is 4.24. The zero-order chi connectivity index (χ0) is 17.3. The van der Waals surface area contributed by atoms with Crippen molar-refractivity contribution < 1.29 is 13.9 Å². The van der Waals surface area contributed by atoms with Gasteiger partial charge in [0.25, 0.3) is 5.91 Å². The number of fused-ring (bicyclic) bond motifs is 1. The molecule has 0 saturated carbocycles. The number of anilines is 1. The Balaban J connectivity index is 1.84. The van der Waals surface area contributed by atoms with Crippen LogP contribution in [0.2, 0.25) is 0 Å². The average Bonchev–Trinajstić information content (AvgIpc) is 2.55. The molecule has 0 saturated heterocycles. The number of carbonyl (C=O) groups excluding carboxylic acids is 1. The van der Waals surface area contributed by atoms with Gasteiger partial charge in [-0.25, -0.2) is 9.37 Å². The number of hydrogen-bond donors (Lipinski definition) is 2. The first-order chi connectivity index (χ1) is 11.4. The van der Waals surface area contributed by atoms with Gasteiger partial charge in [-0.05, 0) is 29.8 Å². The number of methoxy groups -OCH3 is 1. The Labute approximate surface area is 140 Å². The minimum Gasteiger partial charge on any atom is -0.494 e. The van der Waals surface area contributed by atoms with E-state index in [2.05, 4.69) is 29.5 Å². The van der Waals surface area contributed by atoms with E-state index < -0.39 is 11.7 Å². The van der Waals surface area contributed by atoms with Gasteiger partial charge in [0.2, 0.25) is 0 Å². The largest absolute Gasteiger partial charge is 0.494 e. The van der Waals surface area contributed by atoms with Crippen molar-refractivity contribution in [3.8, 4) is 5.75 Å². The summed E-state index contributed by atoms with van der Waals surface area (Å²) in [5.41, 5.74) is 2.20. The van der Waals surface area contributed by atoms with Crippen LogP contribution < -0.4 is 15.4 Å². The first-order valence-corrected chi connectivity index (χ1v) is 7.77. The highest BCUT2D eigenvalue weighted by Crippen LogP contribution is 2.29. The van der Waals surface area contributed by atoms with Crippen molar-refractivity contribution in [3.63, 3.8) is 0 Å². The van der Waals surface area contributed by atoms with Crippen LogP contribution in [0.1, 0.15) is 35.5 Å². The van der Waals surface area contributed by atoms with E-state index in [1.807, 2.05) is 6.07 Å². The van der Waals surface area contributed by atoms with E-state index in [0.717, 1.165) is 30.4 Å². The average molecular weight is 329 g/mol. The summed E-state index contributed by atoms with van der Waals surface area (Å²) >= 11 is 0. The zero-order valence-corrected chi connectivity index (χ0v) is 13.9. The molecule has 3 rings (SSSR count). The summed E-state index contributed by atoms with van der Waals surface area (Å²) in [6.07, 6.45) is 0. The van der Waals surface area contributed by atoms with Gasteiger partial charge >= 0.3 is 0 Å². The topological polar surface area (TPSA) is 63.2 Å². The Bertz CT molecular complexity index is 790. The summed E-state index contributed by atoms with van der Waals surface area (Å²) in [6, 6.07) is 7.82. The highest BCUT2D eigenvalue weighted by atomic mass is 19.1. The van der Waals surface area contributed by atoms with E-state index >= 15 is 0 Å². The minimum atomic E-state index is -0.573. The number of rotatable bonds is 3. The van der Waals surface area contributed by atoms with Crippen LogP contribution in [0.3, 0.4) is 0 Å².